The Bertz CT molecular complexity index is 1580. The Morgan fingerprint density at radius 3 is 2.47 bits per heavy atom. The molecule has 2 aromatic carbocycles. The van der Waals surface area contributed by atoms with Crippen LogP contribution in [0.25, 0.3) is 22.2 Å². The predicted octanol–water partition coefficient (Wildman–Crippen LogP) is 4.56. The first-order valence-electron chi connectivity index (χ1n) is 11.6. The SMILES string of the molecule is CCOC(=O)Nc1cc(OC(=O)c2cccnc2)c(O)cc1-c1cc(=O)c2ccccc2n1C(=O)OCC. The number of hydrogen-bond acceptors (Lipinski definition) is 9. The van der Waals surface area contributed by atoms with Crippen LogP contribution in [0.1, 0.15) is 24.2 Å². The summed E-state index contributed by atoms with van der Waals surface area (Å²) >= 11 is 0. The van der Waals surface area contributed by atoms with Crippen molar-refractivity contribution >= 4 is 34.7 Å². The fraction of sp³-hybridized carbons (Fsp3) is 0.148. The molecule has 0 radical (unpaired) electrons. The fourth-order valence-corrected chi connectivity index (χ4v) is 3.74. The number of rotatable bonds is 6. The van der Waals surface area contributed by atoms with Crippen LogP contribution in [0.3, 0.4) is 0 Å². The summed E-state index contributed by atoms with van der Waals surface area (Å²) in [6.45, 7) is 3.36. The summed E-state index contributed by atoms with van der Waals surface area (Å²) in [5.74, 6) is -1.60. The Morgan fingerprint density at radius 1 is 1.00 bits per heavy atom. The van der Waals surface area contributed by atoms with Gasteiger partial charge in [0.05, 0.1) is 35.7 Å². The molecule has 11 heteroatoms. The lowest BCUT2D eigenvalue weighted by molar-refractivity contribution is 0.0729. The lowest BCUT2D eigenvalue weighted by atomic mass is 10.0. The van der Waals surface area contributed by atoms with Crippen LogP contribution in [0, 0.1) is 0 Å². The van der Waals surface area contributed by atoms with Crippen LogP contribution < -0.4 is 15.5 Å². The third-order valence-electron chi connectivity index (χ3n) is 5.36. The van der Waals surface area contributed by atoms with Crippen LogP contribution in [0.15, 0.2) is 71.8 Å². The summed E-state index contributed by atoms with van der Waals surface area (Å²) < 4.78 is 16.7. The molecule has 0 aliphatic rings. The first kappa shape index (κ1) is 25.9. The van der Waals surface area contributed by atoms with Crippen LogP contribution in [-0.4, -0.2) is 46.0 Å². The zero-order valence-electron chi connectivity index (χ0n) is 20.5. The molecular weight excluding hydrogens is 494 g/mol. The van der Waals surface area contributed by atoms with Crippen LogP contribution in [-0.2, 0) is 9.47 Å². The molecular formula is C27H23N3O8. The second kappa shape index (κ2) is 11.2. The number of para-hydroxylation sites is 1. The van der Waals surface area contributed by atoms with E-state index in [1.807, 2.05) is 0 Å². The second-order valence-electron chi connectivity index (χ2n) is 7.79. The molecule has 0 fully saturated rings. The Morgan fingerprint density at radius 2 is 1.76 bits per heavy atom. The van der Waals surface area contributed by atoms with Crippen molar-refractivity contribution in [3.8, 4) is 22.8 Å². The number of aromatic nitrogens is 2. The molecule has 0 unspecified atom stereocenters. The number of hydrogen-bond donors (Lipinski definition) is 2. The quantitative estimate of drug-likeness (QED) is 0.213. The van der Waals surface area contributed by atoms with Gasteiger partial charge in [-0.15, -0.1) is 0 Å². The molecule has 0 bridgehead atoms. The van der Waals surface area contributed by atoms with Gasteiger partial charge in [-0.05, 0) is 44.2 Å². The number of anilines is 1. The molecule has 2 aromatic heterocycles. The lowest BCUT2D eigenvalue weighted by Gasteiger charge is -2.19. The molecule has 0 saturated heterocycles. The number of phenolic OH excluding ortho intramolecular Hbond substituents is 1. The molecule has 11 nitrogen and oxygen atoms in total. The van der Waals surface area contributed by atoms with E-state index in [1.54, 1.807) is 44.2 Å². The summed E-state index contributed by atoms with van der Waals surface area (Å²) in [5, 5.41) is 13.6. The molecule has 1 amide bonds. The van der Waals surface area contributed by atoms with Gasteiger partial charge in [0.2, 0.25) is 0 Å². The van der Waals surface area contributed by atoms with Crippen LogP contribution in [0.2, 0.25) is 0 Å². The molecule has 194 valence electrons. The molecule has 2 N–H and O–H groups in total. The van der Waals surface area contributed by atoms with Crippen LogP contribution in [0.5, 0.6) is 11.5 Å². The molecule has 0 saturated carbocycles. The monoisotopic (exact) mass is 517 g/mol. The van der Waals surface area contributed by atoms with E-state index in [4.69, 9.17) is 14.2 Å². The maximum atomic E-state index is 13.0. The number of amides is 1. The minimum atomic E-state index is -0.852. The Labute approximate surface area is 216 Å². The van der Waals surface area contributed by atoms with Crippen molar-refractivity contribution < 1.29 is 33.7 Å². The normalized spacial score (nSPS) is 10.6. The first-order chi connectivity index (χ1) is 18.3. The molecule has 38 heavy (non-hydrogen) atoms. The maximum absolute atomic E-state index is 13.0. The molecule has 4 aromatic rings. The van der Waals surface area contributed by atoms with E-state index in [2.05, 4.69) is 10.3 Å². The minimum Gasteiger partial charge on any atom is -0.504 e. The highest BCUT2D eigenvalue weighted by Crippen LogP contribution is 2.39. The van der Waals surface area contributed by atoms with Gasteiger partial charge >= 0.3 is 18.2 Å². The number of fused-ring (bicyclic) bond motifs is 1. The number of nitrogens with one attached hydrogen (secondary N) is 1. The van der Waals surface area contributed by atoms with Crippen molar-refractivity contribution in [3.05, 3.63) is 82.8 Å². The summed E-state index contributed by atoms with van der Waals surface area (Å²) in [7, 11) is 0. The van der Waals surface area contributed by atoms with E-state index in [0.717, 1.165) is 10.6 Å². The molecule has 0 atom stereocenters. The van der Waals surface area contributed by atoms with Crippen LogP contribution >= 0.6 is 0 Å². The van der Waals surface area contributed by atoms with Gasteiger partial charge in [0.1, 0.15) is 0 Å². The van der Waals surface area contributed by atoms with E-state index >= 15 is 0 Å². The molecule has 0 spiro atoms. The molecule has 0 aliphatic carbocycles. The van der Waals surface area contributed by atoms with Crippen molar-refractivity contribution in [2.24, 2.45) is 0 Å². The van der Waals surface area contributed by atoms with E-state index in [9.17, 15) is 24.3 Å². The van der Waals surface area contributed by atoms with Gasteiger partial charge in [-0.25, -0.2) is 19.0 Å². The summed E-state index contributed by atoms with van der Waals surface area (Å²) in [5.41, 5.74) is 0.0310. The number of carbonyl (C=O) groups is 3. The second-order valence-corrected chi connectivity index (χ2v) is 7.79. The summed E-state index contributed by atoms with van der Waals surface area (Å²) in [6.07, 6.45) is 1.14. The third-order valence-corrected chi connectivity index (χ3v) is 5.36. The predicted molar refractivity (Wildman–Crippen MR) is 138 cm³/mol. The van der Waals surface area contributed by atoms with Crippen LogP contribution in [0.4, 0.5) is 15.3 Å². The topological polar surface area (TPSA) is 146 Å². The number of phenols is 1. The van der Waals surface area contributed by atoms with E-state index in [1.165, 1.54) is 30.6 Å². The number of aromatic hydroxyl groups is 1. The Kier molecular flexibility index (Phi) is 7.66. The minimum absolute atomic E-state index is 0.0111. The number of nitrogens with zero attached hydrogens (tertiary/aromatic N) is 2. The highest BCUT2D eigenvalue weighted by molar-refractivity contribution is 5.98. The number of esters is 1. The maximum Gasteiger partial charge on any atom is 0.418 e. The van der Waals surface area contributed by atoms with Gasteiger partial charge in [0.15, 0.2) is 16.9 Å². The van der Waals surface area contributed by atoms with Crippen molar-refractivity contribution in [3.63, 3.8) is 0 Å². The van der Waals surface area contributed by atoms with Gasteiger partial charge < -0.3 is 19.3 Å². The van der Waals surface area contributed by atoms with Gasteiger partial charge in [0.25, 0.3) is 0 Å². The average Bonchev–Trinajstić information content (AvgIpc) is 2.91. The summed E-state index contributed by atoms with van der Waals surface area (Å²) in [4.78, 5) is 54.8. The molecule has 2 heterocycles. The number of benzene rings is 2. The zero-order valence-corrected chi connectivity index (χ0v) is 20.5. The van der Waals surface area contributed by atoms with Gasteiger partial charge in [-0.2, -0.15) is 0 Å². The smallest absolute Gasteiger partial charge is 0.418 e. The van der Waals surface area contributed by atoms with Crippen molar-refractivity contribution in [2.75, 3.05) is 18.5 Å². The summed E-state index contributed by atoms with van der Waals surface area (Å²) in [6, 6.07) is 13.0. The highest BCUT2D eigenvalue weighted by Gasteiger charge is 2.23. The first-order valence-corrected chi connectivity index (χ1v) is 11.6. The Hall–Kier alpha value is -5.19. The van der Waals surface area contributed by atoms with Gasteiger partial charge in [-0.3, -0.25) is 15.1 Å². The fourth-order valence-electron chi connectivity index (χ4n) is 3.74. The largest absolute Gasteiger partial charge is 0.504 e. The van der Waals surface area contributed by atoms with Gasteiger partial charge in [0, 0.05) is 35.5 Å². The van der Waals surface area contributed by atoms with E-state index in [-0.39, 0.29) is 52.4 Å². The number of carbonyl (C=O) groups excluding carboxylic acids is 3. The number of ether oxygens (including phenoxy) is 3. The molecule has 4 rings (SSSR count). The molecule has 0 aliphatic heterocycles. The Balaban J connectivity index is 1.92. The van der Waals surface area contributed by atoms with E-state index in [0.29, 0.717) is 0 Å². The third kappa shape index (κ3) is 5.31. The van der Waals surface area contributed by atoms with Crippen molar-refractivity contribution in [1.29, 1.82) is 0 Å². The van der Waals surface area contributed by atoms with Gasteiger partial charge in [-0.1, -0.05) is 12.1 Å². The zero-order chi connectivity index (χ0) is 27.2. The lowest BCUT2D eigenvalue weighted by Crippen LogP contribution is -2.21. The average molecular weight is 517 g/mol. The van der Waals surface area contributed by atoms with Crippen molar-refractivity contribution in [2.45, 2.75) is 13.8 Å². The van der Waals surface area contributed by atoms with E-state index < -0.39 is 29.3 Å². The number of pyridine rings is 2. The standard InChI is InChI=1S/C27H23N3O8/c1-3-36-26(34)29-19-13-24(38-25(33)16-8-7-11-28-15-16)23(32)12-18(19)21-14-22(31)17-9-5-6-10-20(17)30(21)27(35)37-4-2/h5-15,32H,3-4H2,1-2H3,(H,29,34). The highest BCUT2D eigenvalue weighted by atomic mass is 16.6. The van der Waals surface area contributed by atoms with Crippen molar-refractivity contribution in [1.82, 2.24) is 9.55 Å².